The summed E-state index contributed by atoms with van der Waals surface area (Å²) in [7, 11) is 0. The molecule has 7 unspecified atom stereocenters. The molecular formula is C56H109NO8. The quantitative estimate of drug-likeness (QED) is 0.0261. The van der Waals surface area contributed by atoms with Crippen molar-refractivity contribution in [2.45, 2.75) is 326 Å². The fourth-order valence-corrected chi connectivity index (χ4v) is 9.34. The first-order valence-corrected chi connectivity index (χ1v) is 28.4. The predicted octanol–water partition coefficient (Wildman–Crippen LogP) is 13.6. The Balaban J connectivity index is 2.19. The first-order chi connectivity index (χ1) is 31.8. The number of hydrogen-bond donors (Lipinski definition) is 6. The number of nitrogens with one attached hydrogen (secondary N) is 1. The molecule has 1 aliphatic rings. The molecule has 0 spiro atoms. The lowest BCUT2D eigenvalue weighted by molar-refractivity contribution is -0.302. The second-order valence-electron chi connectivity index (χ2n) is 20.1. The van der Waals surface area contributed by atoms with E-state index in [0.717, 1.165) is 38.5 Å². The van der Waals surface area contributed by atoms with Gasteiger partial charge in [0.05, 0.1) is 25.4 Å². The summed E-state index contributed by atoms with van der Waals surface area (Å²) >= 11 is 0. The zero-order valence-corrected chi connectivity index (χ0v) is 42.8. The Hall–Kier alpha value is -1.07. The lowest BCUT2D eigenvalue weighted by Gasteiger charge is -2.40. The first-order valence-electron chi connectivity index (χ1n) is 28.4. The molecule has 1 heterocycles. The van der Waals surface area contributed by atoms with E-state index < -0.39 is 49.5 Å². The molecule has 7 atom stereocenters. The average molecular weight is 924 g/mol. The minimum atomic E-state index is -1.55. The first kappa shape index (κ1) is 61.9. The van der Waals surface area contributed by atoms with Gasteiger partial charge < -0.3 is 40.3 Å². The minimum absolute atomic E-state index is 0.133. The number of ether oxygens (including phenoxy) is 2. The van der Waals surface area contributed by atoms with Gasteiger partial charge in [-0.25, -0.2) is 0 Å². The molecule has 1 amide bonds. The van der Waals surface area contributed by atoms with E-state index in [9.17, 15) is 30.3 Å². The fourth-order valence-electron chi connectivity index (χ4n) is 9.34. The number of unbranched alkanes of at least 4 members (excludes halogenated alkanes) is 37. The Bertz CT molecular complexity index is 1030. The van der Waals surface area contributed by atoms with E-state index >= 15 is 0 Å². The van der Waals surface area contributed by atoms with Crippen molar-refractivity contribution in [1.82, 2.24) is 5.32 Å². The van der Waals surface area contributed by atoms with E-state index in [0.29, 0.717) is 12.8 Å². The standard InChI is InChI=1S/C56H109NO8/c1-3-5-7-9-11-13-15-17-19-21-22-23-24-25-26-27-28-30-32-34-36-38-40-42-44-46-52(60)57-49(48-64-56-55(63)54(62)53(61)51(47-58)65-56)50(59)45-43-41-39-37-35-33-31-29-20-18-16-14-12-10-8-6-4-2/h21-22,49-51,53-56,58-59,61-63H,3-20,23-48H2,1-2H3,(H,57,60)/b22-21-. The molecule has 0 radical (unpaired) electrons. The van der Waals surface area contributed by atoms with E-state index in [1.165, 1.54) is 218 Å². The van der Waals surface area contributed by atoms with Crippen LogP contribution in [-0.4, -0.2) is 87.5 Å². The van der Waals surface area contributed by atoms with Crippen molar-refractivity contribution in [3.8, 4) is 0 Å². The molecule has 0 bridgehead atoms. The number of allylic oxidation sites excluding steroid dienone is 2. The molecule has 6 N–H and O–H groups in total. The Morgan fingerprint density at radius 3 is 1.25 bits per heavy atom. The van der Waals surface area contributed by atoms with Gasteiger partial charge in [0.1, 0.15) is 24.4 Å². The van der Waals surface area contributed by atoms with E-state index in [-0.39, 0.29) is 12.5 Å². The van der Waals surface area contributed by atoms with Crippen molar-refractivity contribution in [2.75, 3.05) is 13.2 Å². The Kier molecular flexibility index (Phi) is 44.5. The molecule has 0 aromatic carbocycles. The third kappa shape index (κ3) is 36.6. The highest BCUT2D eigenvalue weighted by atomic mass is 16.7. The van der Waals surface area contributed by atoms with Gasteiger partial charge in [-0.2, -0.15) is 0 Å². The molecule has 1 aliphatic heterocycles. The maximum absolute atomic E-state index is 13.1. The molecule has 1 saturated heterocycles. The topological polar surface area (TPSA) is 149 Å². The zero-order chi connectivity index (χ0) is 47.3. The van der Waals surface area contributed by atoms with Crippen molar-refractivity contribution < 1.29 is 39.8 Å². The second kappa shape index (κ2) is 46.6. The molecule has 65 heavy (non-hydrogen) atoms. The molecule has 0 saturated carbocycles. The number of hydrogen-bond acceptors (Lipinski definition) is 8. The Morgan fingerprint density at radius 2 is 0.862 bits per heavy atom. The van der Waals surface area contributed by atoms with Gasteiger partial charge in [0.25, 0.3) is 0 Å². The molecule has 1 fully saturated rings. The third-order valence-electron chi connectivity index (χ3n) is 13.9. The highest BCUT2D eigenvalue weighted by molar-refractivity contribution is 5.76. The van der Waals surface area contributed by atoms with Gasteiger partial charge in [0.15, 0.2) is 6.29 Å². The number of carbonyl (C=O) groups excluding carboxylic acids is 1. The SMILES string of the molecule is CCCCCCCCCC/C=C\CCCCCCCCCCCCCCCC(=O)NC(COC1OC(CO)C(O)C(O)C1O)C(O)CCCCCCCCCCCCCCCCCCC. The lowest BCUT2D eigenvalue weighted by Crippen LogP contribution is -2.60. The predicted molar refractivity (Wildman–Crippen MR) is 272 cm³/mol. The lowest BCUT2D eigenvalue weighted by atomic mass is 9.99. The summed E-state index contributed by atoms with van der Waals surface area (Å²) in [4.78, 5) is 13.1. The van der Waals surface area contributed by atoms with Crippen LogP contribution in [-0.2, 0) is 14.3 Å². The molecule has 1 rings (SSSR count). The van der Waals surface area contributed by atoms with Crippen LogP contribution in [0.2, 0.25) is 0 Å². The molecule has 0 aromatic rings. The van der Waals surface area contributed by atoms with Crippen molar-refractivity contribution in [3.63, 3.8) is 0 Å². The van der Waals surface area contributed by atoms with Gasteiger partial charge in [-0.15, -0.1) is 0 Å². The molecule has 0 aromatic heterocycles. The largest absolute Gasteiger partial charge is 0.394 e. The highest BCUT2D eigenvalue weighted by Crippen LogP contribution is 2.23. The number of rotatable bonds is 49. The van der Waals surface area contributed by atoms with Gasteiger partial charge in [0, 0.05) is 6.42 Å². The summed E-state index contributed by atoms with van der Waals surface area (Å²) in [5.74, 6) is -0.139. The van der Waals surface area contributed by atoms with Crippen LogP contribution in [0.4, 0.5) is 0 Å². The van der Waals surface area contributed by atoms with Crippen LogP contribution < -0.4 is 5.32 Å². The van der Waals surface area contributed by atoms with Crippen molar-refractivity contribution in [2.24, 2.45) is 0 Å². The number of amides is 1. The van der Waals surface area contributed by atoms with Crippen LogP contribution in [0.3, 0.4) is 0 Å². The van der Waals surface area contributed by atoms with Crippen LogP contribution in [0.15, 0.2) is 12.2 Å². The number of aliphatic hydroxyl groups is 5. The van der Waals surface area contributed by atoms with Crippen LogP contribution >= 0.6 is 0 Å². The van der Waals surface area contributed by atoms with E-state index in [4.69, 9.17) is 9.47 Å². The van der Waals surface area contributed by atoms with Crippen LogP contribution in [0.25, 0.3) is 0 Å². The Labute approximate surface area is 401 Å². The summed E-state index contributed by atoms with van der Waals surface area (Å²) < 4.78 is 11.3. The Morgan fingerprint density at radius 1 is 0.508 bits per heavy atom. The monoisotopic (exact) mass is 924 g/mol. The van der Waals surface area contributed by atoms with Gasteiger partial charge in [-0.3, -0.25) is 4.79 Å². The van der Waals surface area contributed by atoms with Gasteiger partial charge in [0.2, 0.25) is 5.91 Å². The van der Waals surface area contributed by atoms with E-state index in [1.807, 2.05) is 0 Å². The summed E-state index contributed by atoms with van der Waals surface area (Å²) in [6, 6.07) is -0.715. The van der Waals surface area contributed by atoms with Crippen LogP contribution in [0, 0.1) is 0 Å². The summed E-state index contributed by atoms with van der Waals surface area (Å²) in [6.07, 6.45) is 49.5. The molecule has 9 nitrogen and oxygen atoms in total. The third-order valence-corrected chi connectivity index (χ3v) is 13.9. The minimum Gasteiger partial charge on any atom is -0.394 e. The number of carbonyl (C=O) groups is 1. The molecule has 0 aliphatic carbocycles. The van der Waals surface area contributed by atoms with Crippen molar-refractivity contribution in [3.05, 3.63) is 12.2 Å². The van der Waals surface area contributed by atoms with Crippen LogP contribution in [0.5, 0.6) is 0 Å². The smallest absolute Gasteiger partial charge is 0.220 e. The molecule has 386 valence electrons. The molecule has 9 heteroatoms. The van der Waals surface area contributed by atoms with Crippen molar-refractivity contribution >= 4 is 5.91 Å². The number of aliphatic hydroxyl groups excluding tert-OH is 5. The van der Waals surface area contributed by atoms with E-state index in [1.54, 1.807) is 0 Å². The summed E-state index contributed by atoms with van der Waals surface area (Å²) in [5, 5.41) is 54.6. The highest BCUT2D eigenvalue weighted by Gasteiger charge is 2.44. The maximum Gasteiger partial charge on any atom is 0.220 e. The van der Waals surface area contributed by atoms with Gasteiger partial charge >= 0.3 is 0 Å². The van der Waals surface area contributed by atoms with Gasteiger partial charge in [-0.05, 0) is 38.5 Å². The van der Waals surface area contributed by atoms with Crippen LogP contribution in [0.1, 0.15) is 284 Å². The fraction of sp³-hybridized carbons (Fsp3) is 0.946. The average Bonchev–Trinajstić information content (AvgIpc) is 3.31. The van der Waals surface area contributed by atoms with E-state index in [2.05, 4.69) is 31.3 Å². The summed E-state index contributed by atoms with van der Waals surface area (Å²) in [5.41, 5.74) is 0. The molecular weight excluding hydrogens is 815 g/mol. The normalized spacial score (nSPS) is 19.9. The van der Waals surface area contributed by atoms with Gasteiger partial charge in [-0.1, -0.05) is 251 Å². The summed E-state index contributed by atoms with van der Waals surface area (Å²) in [6.45, 7) is 3.87. The zero-order valence-electron chi connectivity index (χ0n) is 42.8. The van der Waals surface area contributed by atoms with Crippen molar-refractivity contribution in [1.29, 1.82) is 0 Å². The second-order valence-corrected chi connectivity index (χ2v) is 20.1. The maximum atomic E-state index is 13.1.